The molecule has 0 spiro atoms. The topological polar surface area (TPSA) is 81.2 Å². The van der Waals surface area contributed by atoms with E-state index in [-0.39, 0.29) is 11.1 Å². The molecule has 0 amide bonds. The first-order chi connectivity index (χ1) is 8.89. The monoisotopic (exact) mass is 284 g/mol. The third kappa shape index (κ3) is 2.00. The molecule has 1 aliphatic carbocycles. The third-order valence-electron chi connectivity index (χ3n) is 4.57. The largest absolute Gasteiger partial charge is 0.337 e. The van der Waals surface area contributed by atoms with E-state index in [2.05, 4.69) is 4.98 Å². The Morgan fingerprint density at radius 3 is 2.68 bits per heavy atom. The number of hydrogen-bond acceptors (Lipinski definition) is 4. The minimum Gasteiger partial charge on any atom is -0.337 e. The molecule has 3 unspecified atom stereocenters. The molecule has 6 nitrogen and oxygen atoms in total. The molecule has 1 saturated heterocycles. The first kappa shape index (κ1) is 13.1. The Bertz CT molecular complexity index is 575. The van der Waals surface area contributed by atoms with Crippen LogP contribution in [-0.4, -0.2) is 41.4 Å². The second-order valence-corrected chi connectivity index (χ2v) is 7.61. The summed E-state index contributed by atoms with van der Waals surface area (Å²) in [6, 6.07) is 0.149. The van der Waals surface area contributed by atoms with Gasteiger partial charge in [-0.2, -0.15) is 4.31 Å². The van der Waals surface area contributed by atoms with E-state index in [1.54, 1.807) is 29.0 Å². The maximum absolute atomic E-state index is 12.5. The summed E-state index contributed by atoms with van der Waals surface area (Å²) in [6.45, 7) is 2.94. The first-order valence-electron chi connectivity index (χ1n) is 6.65. The highest BCUT2D eigenvalue weighted by Crippen LogP contribution is 2.39. The number of imidazole rings is 1. The van der Waals surface area contributed by atoms with Crippen LogP contribution < -0.4 is 5.73 Å². The van der Waals surface area contributed by atoms with Crippen LogP contribution in [0.2, 0.25) is 0 Å². The number of aromatic nitrogens is 2. The predicted molar refractivity (Wildman–Crippen MR) is 70.9 cm³/mol. The third-order valence-corrected chi connectivity index (χ3v) is 6.27. The normalized spacial score (nSPS) is 31.8. The molecule has 7 heteroatoms. The fourth-order valence-corrected chi connectivity index (χ4v) is 4.81. The molecule has 3 atom stereocenters. The summed E-state index contributed by atoms with van der Waals surface area (Å²) in [7, 11) is -1.66. The summed E-state index contributed by atoms with van der Waals surface area (Å²) in [5.41, 5.74) is 6.05. The number of nitrogens with two attached hydrogens (primary N) is 1. The van der Waals surface area contributed by atoms with Crippen LogP contribution in [-0.2, 0) is 17.1 Å². The minimum atomic E-state index is -3.46. The Morgan fingerprint density at radius 2 is 2.11 bits per heavy atom. The highest BCUT2D eigenvalue weighted by molar-refractivity contribution is 7.89. The fraction of sp³-hybridized carbons (Fsp3) is 0.750. The zero-order valence-electron chi connectivity index (χ0n) is 11.3. The van der Waals surface area contributed by atoms with Gasteiger partial charge in [0.05, 0.1) is 0 Å². The fourth-order valence-electron chi connectivity index (χ4n) is 3.25. The summed E-state index contributed by atoms with van der Waals surface area (Å²) in [5.74, 6) is 1.45. The standard InChI is InChI=1S/C12H20N4O2S/c1-8-14-12(7-15(8)2)19(17,18)16-5-9-3-4-11(13)10(9)6-16/h7,9-11H,3-6,13H2,1-2H3. The maximum atomic E-state index is 12.5. The Labute approximate surface area is 113 Å². The Kier molecular flexibility index (Phi) is 2.95. The van der Waals surface area contributed by atoms with E-state index in [0.717, 1.165) is 12.8 Å². The van der Waals surface area contributed by atoms with Gasteiger partial charge in [-0.1, -0.05) is 0 Å². The Balaban J connectivity index is 1.86. The van der Waals surface area contributed by atoms with Crippen LogP contribution in [0.3, 0.4) is 0 Å². The van der Waals surface area contributed by atoms with Gasteiger partial charge in [0.2, 0.25) is 0 Å². The van der Waals surface area contributed by atoms with Gasteiger partial charge in [0.15, 0.2) is 5.03 Å². The predicted octanol–water partition coefficient (Wildman–Crippen LogP) is 0.0863. The van der Waals surface area contributed by atoms with Crippen LogP contribution in [0.5, 0.6) is 0 Å². The zero-order chi connectivity index (χ0) is 13.8. The second kappa shape index (κ2) is 4.29. The minimum absolute atomic E-state index is 0.149. The van der Waals surface area contributed by atoms with Crippen LogP contribution in [0.15, 0.2) is 11.2 Å². The van der Waals surface area contributed by atoms with Crippen LogP contribution >= 0.6 is 0 Å². The number of aryl methyl sites for hydroxylation is 2. The summed E-state index contributed by atoms with van der Waals surface area (Å²) < 4.78 is 28.4. The molecule has 1 aromatic heterocycles. The lowest BCUT2D eigenvalue weighted by Crippen LogP contribution is -2.33. The van der Waals surface area contributed by atoms with Crippen molar-refractivity contribution in [1.29, 1.82) is 0 Å². The van der Waals surface area contributed by atoms with Gasteiger partial charge in [-0.25, -0.2) is 13.4 Å². The number of rotatable bonds is 2. The summed E-state index contributed by atoms with van der Waals surface area (Å²) in [6.07, 6.45) is 3.64. The van der Waals surface area contributed by atoms with Crippen LogP contribution in [0.4, 0.5) is 0 Å². The highest BCUT2D eigenvalue weighted by atomic mass is 32.2. The van der Waals surface area contributed by atoms with Gasteiger partial charge in [0.25, 0.3) is 10.0 Å². The SMILES string of the molecule is Cc1nc(S(=O)(=O)N2CC3CCC(N)C3C2)cn1C. The lowest BCUT2D eigenvalue weighted by molar-refractivity contribution is 0.425. The van der Waals surface area contributed by atoms with Gasteiger partial charge >= 0.3 is 0 Å². The Hall–Kier alpha value is -0.920. The molecule has 1 saturated carbocycles. The van der Waals surface area contributed by atoms with E-state index in [1.165, 1.54) is 0 Å². The molecule has 0 aromatic carbocycles. The van der Waals surface area contributed by atoms with Crippen molar-refractivity contribution in [3.05, 3.63) is 12.0 Å². The van der Waals surface area contributed by atoms with Crippen molar-refractivity contribution in [2.75, 3.05) is 13.1 Å². The number of nitrogens with zero attached hydrogens (tertiary/aromatic N) is 3. The molecule has 1 aliphatic heterocycles. The number of hydrogen-bond donors (Lipinski definition) is 1. The lowest BCUT2D eigenvalue weighted by atomic mass is 9.98. The molecule has 3 rings (SSSR count). The van der Waals surface area contributed by atoms with Crippen LogP contribution in [0, 0.1) is 18.8 Å². The average Bonchev–Trinajstić information content (AvgIpc) is 2.99. The number of sulfonamides is 1. The highest BCUT2D eigenvalue weighted by Gasteiger charge is 2.45. The first-order valence-corrected chi connectivity index (χ1v) is 8.09. The van der Waals surface area contributed by atoms with Crippen molar-refractivity contribution in [3.8, 4) is 0 Å². The van der Waals surface area contributed by atoms with E-state index in [4.69, 9.17) is 5.73 Å². The molecule has 2 heterocycles. The molecule has 1 aromatic rings. The second-order valence-electron chi connectivity index (χ2n) is 5.72. The van der Waals surface area contributed by atoms with E-state index in [9.17, 15) is 8.42 Å². The van der Waals surface area contributed by atoms with Gasteiger partial charge in [0.1, 0.15) is 5.82 Å². The van der Waals surface area contributed by atoms with Gasteiger partial charge in [0, 0.05) is 32.4 Å². The van der Waals surface area contributed by atoms with Crippen LogP contribution in [0.25, 0.3) is 0 Å². The summed E-state index contributed by atoms with van der Waals surface area (Å²) in [5, 5.41) is 0.154. The van der Waals surface area contributed by atoms with Crippen molar-refractivity contribution < 1.29 is 8.42 Å². The van der Waals surface area contributed by atoms with Crippen molar-refractivity contribution in [2.45, 2.75) is 30.8 Å². The zero-order valence-corrected chi connectivity index (χ0v) is 12.1. The summed E-state index contributed by atoms with van der Waals surface area (Å²) in [4.78, 5) is 4.14. The molecule has 2 aliphatic rings. The van der Waals surface area contributed by atoms with E-state index in [1.807, 2.05) is 0 Å². The molecule has 106 valence electrons. The molecule has 2 N–H and O–H groups in total. The quantitative estimate of drug-likeness (QED) is 0.834. The molecular weight excluding hydrogens is 264 g/mol. The van der Waals surface area contributed by atoms with Gasteiger partial charge < -0.3 is 10.3 Å². The molecule has 2 fully saturated rings. The van der Waals surface area contributed by atoms with Crippen LogP contribution in [0.1, 0.15) is 18.7 Å². The van der Waals surface area contributed by atoms with E-state index in [0.29, 0.717) is 30.7 Å². The molecular formula is C12H20N4O2S. The van der Waals surface area contributed by atoms with Crippen molar-refractivity contribution >= 4 is 10.0 Å². The molecule has 0 radical (unpaired) electrons. The van der Waals surface area contributed by atoms with Crippen molar-refractivity contribution in [2.24, 2.45) is 24.6 Å². The van der Waals surface area contributed by atoms with Gasteiger partial charge in [-0.05, 0) is 31.6 Å². The van der Waals surface area contributed by atoms with E-state index < -0.39 is 10.0 Å². The van der Waals surface area contributed by atoms with Gasteiger partial charge in [-0.3, -0.25) is 0 Å². The summed E-state index contributed by atoms with van der Waals surface area (Å²) >= 11 is 0. The van der Waals surface area contributed by atoms with Crippen molar-refractivity contribution in [3.63, 3.8) is 0 Å². The van der Waals surface area contributed by atoms with Gasteiger partial charge in [-0.15, -0.1) is 0 Å². The molecule has 19 heavy (non-hydrogen) atoms. The number of fused-ring (bicyclic) bond motifs is 1. The maximum Gasteiger partial charge on any atom is 0.262 e. The van der Waals surface area contributed by atoms with E-state index >= 15 is 0 Å². The Morgan fingerprint density at radius 1 is 1.37 bits per heavy atom. The average molecular weight is 284 g/mol. The smallest absolute Gasteiger partial charge is 0.262 e. The van der Waals surface area contributed by atoms with Crippen molar-refractivity contribution in [1.82, 2.24) is 13.9 Å². The molecule has 0 bridgehead atoms. The lowest BCUT2D eigenvalue weighted by Gasteiger charge is -2.17.